The topological polar surface area (TPSA) is 125 Å². The lowest BCUT2D eigenvalue weighted by Gasteiger charge is -2.11. The largest absolute Gasteiger partial charge is 0.422 e. The van der Waals surface area contributed by atoms with E-state index in [-0.39, 0.29) is 28.3 Å². The number of halogens is 3. The number of fused-ring (bicyclic) bond motifs is 3. The summed E-state index contributed by atoms with van der Waals surface area (Å²) in [5, 5.41) is 0.537. The van der Waals surface area contributed by atoms with Crippen LogP contribution in [0.4, 0.5) is 19.0 Å². The first-order valence-electron chi connectivity index (χ1n) is 10.2. The van der Waals surface area contributed by atoms with E-state index in [2.05, 4.69) is 9.97 Å². The Bertz CT molecular complexity index is 1800. The maximum absolute atomic E-state index is 12.8. The zero-order chi connectivity index (χ0) is 25.7. The molecular weight excluding hydrogens is 499 g/mol. The molecule has 2 heterocycles. The second-order valence-electron chi connectivity index (χ2n) is 7.63. The van der Waals surface area contributed by atoms with Crippen molar-refractivity contribution in [2.24, 2.45) is 0 Å². The minimum absolute atomic E-state index is 0.00901. The summed E-state index contributed by atoms with van der Waals surface area (Å²) in [6.45, 7) is 0. The number of aromatic nitrogens is 2. The number of hydrogen-bond acceptors (Lipinski definition) is 8. The summed E-state index contributed by atoms with van der Waals surface area (Å²) in [5.74, 6) is -0.168. The SMILES string of the molecule is Nc1nc(-c2cccc(OS(=O)(=O)c3ccc(C(F)(F)F)cc3)c2)nc2c1c(=O)oc1ccccc12. The van der Waals surface area contributed by atoms with Gasteiger partial charge < -0.3 is 14.3 Å². The molecule has 0 saturated carbocycles. The molecule has 0 unspecified atom stereocenters. The summed E-state index contributed by atoms with van der Waals surface area (Å²) >= 11 is 0. The average molecular weight is 513 g/mol. The number of anilines is 1. The van der Waals surface area contributed by atoms with Crippen LogP contribution in [0.1, 0.15) is 5.56 Å². The van der Waals surface area contributed by atoms with Crippen LogP contribution in [-0.2, 0) is 16.3 Å². The van der Waals surface area contributed by atoms with Gasteiger partial charge in [-0.2, -0.15) is 21.6 Å². The fraction of sp³-hybridized carbons (Fsp3) is 0.0417. The highest BCUT2D eigenvalue weighted by Crippen LogP contribution is 2.31. The van der Waals surface area contributed by atoms with Gasteiger partial charge in [-0.05, 0) is 48.5 Å². The van der Waals surface area contributed by atoms with Gasteiger partial charge in [-0.15, -0.1) is 0 Å². The van der Waals surface area contributed by atoms with Gasteiger partial charge >= 0.3 is 21.9 Å². The van der Waals surface area contributed by atoms with Gasteiger partial charge in [0.05, 0.1) is 11.1 Å². The number of hydrogen-bond donors (Lipinski definition) is 1. The fourth-order valence-corrected chi connectivity index (χ4v) is 4.50. The number of nitrogens with two attached hydrogens (primary N) is 1. The summed E-state index contributed by atoms with van der Waals surface area (Å²) in [6, 6.07) is 15.4. The Hall–Kier alpha value is -4.45. The van der Waals surface area contributed by atoms with Gasteiger partial charge in [0.25, 0.3) is 0 Å². The summed E-state index contributed by atoms with van der Waals surface area (Å²) in [7, 11) is -4.44. The van der Waals surface area contributed by atoms with Crippen LogP contribution in [-0.4, -0.2) is 18.4 Å². The van der Waals surface area contributed by atoms with E-state index in [9.17, 15) is 26.4 Å². The average Bonchev–Trinajstić information content (AvgIpc) is 2.83. The van der Waals surface area contributed by atoms with Crippen LogP contribution >= 0.6 is 0 Å². The summed E-state index contributed by atoms with van der Waals surface area (Å²) in [4.78, 5) is 20.6. The van der Waals surface area contributed by atoms with E-state index in [0.29, 0.717) is 28.7 Å². The molecule has 0 atom stereocenters. The second kappa shape index (κ2) is 8.34. The molecule has 5 aromatic rings. The molecule has 3 aromatic carbocycles. The lowest BCUT2D eigenvalue weighted by molar-refractivity contribution is -0.137. The first-order chi connectivity index (χ1) is 17.0. The van der Waals surface area contributed by atoms with Crippen molar-refractivity contribution >= 4 is 37.8 Å². The Morgan fingerprint density at radius 3 is 2.36 bits per heavy atom. The standard InChI is InChI=1S/C24H14F3N3O5S/c25-24(26,27)14-8-10-16(11-9-14)36(32,33)35-15-5-3-4-13(12-15)22-29-20-17-6-1-2-7-18(17)34-23(31)19(20)21(28)30-22/h1-12H,(H2,28,29,30). The number of nitrogen functional groups attached to an aromatic ring is 1. The Labute approximate surface area is 200 Å². The molecule has 0 amide bonds. The monoisotopic (exact) mass is 513 g/mol. The Morgan fingerprint density at radius 1 is 0.917 bits per heavy atom. The van der Waals surface area contributed by atoms with Crippen molar-refractivity contribution in [3.05, 3.63) is 88.8 Å². The fourth-order valence-electron chi connectivity index (χ4n) is 3.58. The van der Waals surface area contributed by atoms with Crippen molar-refractivity contribution in [3.8, 4) is 17.1 Å². The van der Waals surface area contributed by atoms with E-state index in [1.807, 2.05) is 0 Å². The molecule has 5 rings (SSSR count). The van der Waals surface area contributed by atoms with E-state index >= 15 is 0 Å². The van der Waals surface area contributed by atoms with E-state index in [4.69, 9.17) is 14.3 Å². The number of nitrogens with zero attached hydrogens (tertiary/aromatic N) is 2. The molecule has 0 aliphatic rings. The molecule has 8 nitrogen and oxygen atoms in total. The molecule has 0 radical (unpaired) electrons. The minimum Gasteiger partial charge on any atom is -0.422 e. The lowest BCUT2D eigenvalue weighted by atomic mass is 10.1. The number of para-hydroxylation sites is 1. The summed E-state index contributed by atoms with van der Waals surface area (Å²) < 4.78 is 74.0. The van der Waals surface area contributed by atoms with Crippen molar-refractivity contribution in [1.82, 2.24) is 9.97 Å². The Kier molecular flexibility index (Phi) is 5.40. The molecule has 0 saturated heterocycles. The van der Waals surface area contributed by atoms with Crippen molar-refractivity contribution in [1.29, 1.82) is 0 Å². The smallest absolute Gasteiger partial charge is 0.416 e. The van der Waals surface area contributed by atoms with Gasteiger partial charge in [0.2, 0.25) is 0 Å². The highest BCUT2D eigenvalue weighted by atomic mass is 32.2. The molecule has 2 N–H and O–H groups in total. The van der Waals surface area contributed by atoms with E-state index in [1.165, 1.54) is 18.2 Å². The third kappa shape index (κ3) is 4.22. The zero-order valence-corrected chi connectivity index (χ0v) is 18.8. The van der Waals surface area contributed by atoms with Crippen LogP contribution in [0, 0.1) is 0 Å². The molecule has 0 aliphatic carbocycles. The van der Waals surface area contributed by atoms with Crippen LogP contribution < -0.4 is 15.5 Å². The van der Waals surface area contributed by atoms with Gasteiger partial charge in [0.1, 0.15) is 27.4 Å². The number of alkyl halides is 3. The molecule has 2 aromatic heterocycles. The van der Waals surface area contributed by atoms with Gasteiger partial charge in [0, 0.05) is 10.9 Å². The summed E-state index contributed by atoms with van der Waals surface area (Å²) in [6.07, 6.45) is -4.61. The maximum atomic E-state index is 12.8. The Balaban J connectivity index is 1.54. The molecule has 0 bridgehead atoms. The van der Waals surface area contributed by atoms with Crippen LogP contribution in [0.15, 0.2) is 86.9 Å². The first-order valence-corrected chi connectivity index (χ1v) is 11.6. The third-order valence-corrected chi connectivity index (χ3v) is 6.52. The van der Waals surface area contributed by atoms with Crippen LogP contribution in [0.25, 0.3) is 33.3 Å². The van der Waals surface area contributed by atoms with Crippen LogP contribution in [0.3, 0.4) is 0 Å². The van der Waals surface area contributed by atoms with E-state index in [1.54, 1.807) is 30.3 Å². The highest BCUT2D eigenvalue weighted by Gasteiger charge is 2.31. The lowest BCUT2D eigenvalue weighted by Crippen LogP contribution is -2.11. The minimum atomic E-state index is -4.61. The second-order valence-corrected chi connectivity index (χ2v) is 9.18. The first kappa shape index (κ1) is 23.3. The predicted molar refractivity (Wildman–Crippen MR) is 125 cm³/mol. The Morgan fingerprint density at radius 2 is 1.64 bits per heavy atom. The third-order valence-electron chi connectivity index (χ3n) is 5.25. The zero-order valence-electron chi connectivity index (χ0n) is 18.0. The van der Waals surface area contributed by atoms with Gasteiger partial charge in [-0.25, -0.2) is 14.8 Å². The maximum Gasteiger partial charge on any atom is 0.416 e. The van der Waals surface area contributed by atoms with Crippen molar-refractivity contribution in [3.63, 3.8) is 0 Å². The van der Waals surface area contributed by atoms with Crippen molar-refractivity contribution in [2.45, 2.75) is 11.1 Å². The molecule has 36 heavy (non-hydrogen) atoms. The molecule has 12 heteroatoms. The quantitative estimate of drug-likeness (QED) is 0.207. The van der Waals surface area contributed by atoms with E-state index in [0.717, 1.165) is 12.1 Å². The van der Waals surface area contributed by atoms with Gasteiger partial charge in [-0.3, -0.25) is 0 Å². The molecule has 0 spiro atoms. The van der Waals surface area contributed by atoms with Crippen LogP contribution in [0.2, 0.25) is 0 Å². The van der Waals surface area contributed by atoms with Gasteiger partial charge in [0.15, 0.2) is 5.82 Å². The highest BCUT2D eigenvalue weighted by molar-refractivity contribution is 7.87. The normalized spacial score (nSPS) is 12.2. The van der Waals surface area contributed by atoms with Crippen molar-refractivity contribution < 1.29 is 30.2 Å². The predicted octanol–water partition coefficient (Wildman–Crippen LogP) is 4.77. The van der Waals surface area contributed by atoms with Crippen LogP contribution in [0.5, 0.6) is 5.75 Å². The molecule has 0 fully saturated rings. The van der Waals surface area contributed by atoms with E-state index < -0.39 is 32.4 Å². The number of benzene rings is 3. The van der Waals surface area contributed by atoms with Gasteiger partial charge in [-0.1, -0.05) is 24.3 Å². The summed E-state index contributed by atoms with van der Waals surface area (Å²) in [5.41, 5.74) is 5.22. The van der Waals surface area contributed by atoms with Crippen molar-refractivity contribution in [2.75, 3.05) is 5.73 Å². The number of rotatable bonds is 4. The molecule has 0 aliphatic heterocycles. The molecular formula is C24H14F3N3O5S. The molecule has 182 valence electrons.